The molecule has 0 bridgehead atoms. The number of nitrogens with zero attached hydrogens (tertiary/aromatic N) is 1. The number of aromatic nitrogens is 1. The molecule has 1 aliphatic rings. The molecule has 7 heteroatoms. The summed E-state index contributed by atoms with van der Waals surface area (Å²) in [5, 5.41) is 3.07. The van der Waals surface area contributed by atoms with E-state index in [0.717, 1.165) is 11.3 Å². The fourth-order valence-corrected chi connectivity index (χ4v) is 3.22. The lowest BCUT2D eigenvalue weighted by Gasteiger charge is -2.10. The maximum Gasteiger partial charge on any atom is 0.235 e. The molecular formula is C11H12Cl2N2O2S. The van der Waals surface area contributed by atoms with Crippen LogP contribution < -0.4 is 5.32 Å². The number of hydrogen-bond acceptors (Lipinski definition) is 4. The average molecular weight is 307 g/mol. The SMILES string of the molecule is CC(=O)c1sc(NC(=O)[C@]2(C)CC2(Cl)Cl)nc1C. The molecule has 1 fully saturated rings. The molecule has 1 aliphatic carbocycles. The van der Waals surface area contributed by atoms with Crippen molar-refractivity contribution in [3.8, 4) is 0 Å². The van der Waals surface area contributed by atoms with Crippen molar-refractivity contribution >= 4 is 51.4 Å². The van der Waals surface area contributed by atoms with Gasteiger partial charge in [0.25, 0.3) is 0 Å². The van der Waals surface area contributed by atoms with E-state index in [0.29, 0.717) is 22.1 Å². The Morgan fingerprint density at radius 1 is 1.44 bits per heavy atom. The topological polar surface area (TPSA) is 59.1 Å². The van der Waals surface area contributed by atoms with E-state index in [1.54, 1.807) is 13.8 Å². The Balaban J connectivity index is 2.14. The number of amides is 1. The molecule has 98 valence electrons. The summed E-state index contributed by atoms with van der Waals surface area (Å²) in [6.07, 6.45) is 0.416. The molecule has 0 aromatic carbocycles. The summed E-state index contributed by atoms with van der Waals surface area (Å²) >= 11 is 13.0. The first kappa shape index (κ1) is 13.8. The zero-order valence-electron chi connectivity index (χ0n) is 10.1. The second kappa shape index (κ2) is 4.18. The third kappa shape index (κ3) is 2.15. The van der Waals surface area contributed by atoms with E-state index in [1.807, 2.05) is 0 Å². The maximum atomic E-state index is 12.0. The lowest BCUT2D eigenvalue weighted by Crippen LogP contribution is -2.25. The molecule has 18 heavy (non-hydrogen) atoms. The number of ketones is 1. The van der Waals surface area contributed by atoms with E-state index in [9.17, 15) is 9.59 Å². The van der Waals surface area contributed by atoms with Gasteiger partial charge in [0.1, 0.15) is 4.33 Å². The standard InChI is InChI=1S/C11H12Cl2N2O2S/c1-5-7(6(2)16)18-9(14-5)15-8(17)10(3)4-11(10,12)13/h4H2,1-3H3,(H,14,15,17)/t10-/m0/s1. The monoisotopic (exact) mass is 306 g/mol. The summed E-state index contributed by atoms with van der Waals surface area (Å²) in [4.78, 5) is 28.0. The van der Waals surface area contributed by atoms with Crippen molar-refractivity contribution in [1.82, 2.24) is 4.98 Å². The van der Waals surface area contributed by atoms with Gasteiger partial charge in [-0.1, -0.05) is 11.3 Å². The van der Waals surface area contributed by atoms with Gasteiger partial charge in [0.2, 0.25) is 5.91 Å². The van der Waals surface area contributed by atoms with Crippen molar-refractivity contribution < 1.29 is 9.59 Å². The van der Waals surface area contributed by atoms with E-state index >= 15 is 0 Å². The lowest BCUT2D eigenvalue weighted by atomic mass is 10.1. The normalized spacial score (nSPS) is 24.7. The van der Waals surface area contributed by atoms with E-state index in [1.165, 1.54) is 6.92 Å². The van der Waals surface area contributed by atoms with Crippen LogP contribution in [0.15, 0.2) is 0 Å². The molecule has 0 spiro atoms. The number of rotatable bonds is 3. The summed E-state index contributed by atoms with van der Waals surface area (Å²) in [6, 6.07) is 0. The highest BCUT2D eigenvalue weighted by molar-refractivity contribution is 7.17. The summed E-state index contributed by atoms with van der Waals surface area (Å²) in [7, 11) is 0. The Kier molecular flexibility index (Phi) is 3.20. The van der Waals surface area contributed by atoms with Crippen molar-refractivity contribution in [2.24, 2.45) is 5.41 Å². The van der Waals surface area contributed by atoms with Gasteiger partial charge in [-0.15, -0.1) is 23.2 Å². The molecule has 0 aliphatic heterocycles. The molecule has 0 radical (unpaired) electrons. The van der Waals surface area contributed by atoms with Crippen LogP contribution in [0.2, 0.25) is 0 Å². The second-order valence-corrected chi connectivity index (χ2v) is 7.14. The fourth-order valence-electron chi connectivity index (χ4n) is 1.66. The molecule has 1 saturated carbocycles. The quantitative estimate of drug-likeness (QED) is 0.689. The Morgan fingerprint density at radius 3 is 2.39 bits per heavy atom. The van der Waals surface area contributed by atoms with Crippen LogP contribution in [0.25, 0.3) is 0 Å². The highest BCUT2D eigenvalue weighted by Crippen LogP contribution is 2.64. The summed E-state index contributed by atoms with van der Waals surface area (Å²) in [5.74, 6) is -0.330. The van der Waals surface area contributed by atoms with Crippen LogP contribution >= 0.6 is 34.5 Å². The summed E-state index contributed by atoms with van der Waals surface area (Å²) in [5.41, 5.74) is -0.168. The van der Waals surface area contributed by atoms with Gasteiger partial charge in [-0.2, -0.15) is 0 Å². The molecule has 1 heterocycles. The molecule has 0 saturated heterocycles. The van der Waals surface area contributed by atoms with Gasteiger partial charge >= 0.3 is 0 Å². The van der Waals surface area contributed by atoms with Crippen LogP contribution in [-0.2, 0) is 4.79 Å². The summed E-state index contributed by atoms with van der Waals surface area (Å²) in [6.45, 7) is 4.90. The van der Waals surface area contributed by atoms with E-state index < -0.39 is 9.75 Å². The van der Waals surface area contributed by atoms with Crippen LogP contribution in [0.4, 0.5) is 5.13 Å². The molecule has 1 N–H and O–H groups in total. The number of carbonyl (C=O) groups is 2. The molecule has 1 aromatic rings. The Morgan fingerprint density at radius 2 is 2.00 bits per heavy atom. The minimum atomic E-state index is -1.01. The Labute approximate surface area is 119 Å². The number of alkyl halides is 2. The van der Waals surface area contributed by atoms with E-state index in [2.05, 4.69) is 10.3 Å². The van der Waals surface area contributed by atoms with Crippen molar-refractivity contribution in [3.05, 3.63) is 10.6 Å². The highest BCUT2D eigenvalue weighted by Gasteiger charge is 2.68. The van der Waals surface area contributed by atoms with Gasteiger partial charge < -0.3 is 5.32 Å². The molecule has 0 unspecified atom stereocenters. The predicted octanol–water partition coefficient (Wildman–Crippen LogP) is 3.18. The smallest absolute Gasteiger partial charge is 0.235 e. The number of thiazole rings is 1. The van der Waals surface area contributed by atoms with Gasteiger partial charge in [-0.3, -0.25) is 9.59 Å². The predicted molar refractivity (Wildman–Crippen MR) is 72.6 cm³/mol. The average Bonchev–Trinajstić information content (AvgIpc) is 2.58. The van der Waals surface area contributed by atoms with Crippen molar-refractivity contribution in [2.45, 2.75) is 31.5 Å². The van der Waals surface area contributed by atoms with Gasteiger partial charge in [-0.05, 0) is 20.3 Å². The number of hydrogen-bond donors (Lipinski definition) is 1. The van der Waals surface area contributed by atoms with Crippen molar-refractivity contribution in [2.75, 3.05) is 5.32 Å². The maximum absolute atomic E-state index is 12.0. The molecule has 4 nitrogen and oxygen atoms in total. The first-order valence-electron chi connectivity index (χ1n) is 5.35. The first-order chi connectivity index (χ1) is 8.17. The molecule has 1 atom stereocenters. The first-order valence-corrected chi connectivity index (χ1v) is 6.92. The van der Waals surface area contributed by atoms with Crippen molar-refractivity contribution in [1.29, 1.82) is 0 Å². The summed E-state index contributed by atoms with van der Waals surface area (Å²) < 4.78 is -1.01. The molecule has 1 amide bonds. The van der Waals surface area contributed by atoms with Crippen LogP contribution in [0.3, 0.4) is 0 Å². The van der Waals surface area contributed by atoms with Gasteiger partial charge in [0, 0.05) is 6.92 Å². The second-order valence-electron chi connectivity index (χ2n) is 4.66. The third-order valence-corrected chi connectivity index (χ3v) is 5.37. The fraction of sp³-hybridized carbons (Fsp3) is 0.545. The van der Waals surface area contributed by atoms with Crippen LogP contribution in [-0.4, -0.2) is 21.0 Å². The molecule has 2 rings (SSSR count). The van der Waals surface area contributed by atoms with Crippen LogP contribution in [0.5, 0.6) is 0 Å². The lowest BCUT2D eigenvalue weighted by molar-refractivity contribution is -0.120. The highest BCUT2D eigenvalue weighted by atomic mass is 35.5. The zero-order valence-corrected chi connectivity index (χ0v) is 12.5. The van der Waals surface area contributed by atoms with E-state index in [4.69, 9.17) is 23.2 Å². The molecule has 1 aromatic heterocycles. The Bertz CT molecular complexity index is 541. The van der Waals surface area contributed by atoms with Crippen LogP contribution in [0, 0.1) is 12.3 Å². The van der Waals surface area contributed by atoms with Gasteiger partial charge in [-0.25, -0.2) is 4.98 Å². The van der Waals surface area contributed by atoms with Crippen molar-refractivity contribution in [3.63, 3.8) is 0 Å². The minimum absolute atomic E-state index is 0.0628. The van der Waals surface area contributed by atoms with Crippen LogP contribution in [0.1, 0.15) is 35.6 Å². The van der Waals surface area contributed by atoms with E-state index in [-0.39, 0.29) is 11.7 Å². The minimum Gasteiger partial charge on any atom is -0.301 e. The number of anilines is 1. The number of aryl methyl sites for hydroxylation is 1. The van der Waals surface area contributed by atoms with Gasteiger partial charge in [0.15, 0.2) is 10.9 Å². The largest absolute Gasteiger partial charge is 0.301 e. The number of carbonyl (C=O) groups excluding carboxylic acids is 2. The zero-order chi connectivity index (χ0) is 13.7. The number of Topliss-reactive ketones (excluding diaryl/α,β-unsaturated/α-hetero) is 1. The number of nitrogens with one attached hydrogen (secondary N) is 1. The third-order valence-electron chi connectivity index (χ3n) is 3.10. The number of halogens is 2. The van der Waals surface area contributed by atoms with Gasteiger partial charge in [0.05, 0.1) is 16.0 Å². The Hall–Kier alpha value is -0.650. The molecular weight excluding hydrogens is 295 g/mol.